The molecule has 4 rings (SSSR count). The molecular weight excluding hydrogens is 400 g/mol. The molecule has 1 amide bonds. The van der Waals surface area contributed by atoms with E-state index in [2.05, 4.69) is 15.5 Å². The first-order valence-electron chi connectivity index (χ1n) is 9.24. The number of nitrogens with zero attached hydrogens (tertiary/aromatic N) is 3. The molecule has 4 aromatic rings. The van der Waals surface area contributed by atoms with Crippen molar-refractivity contribution >= 4 is 23.4 Å². The summed E-state index contributed by atoms with van der Waals surface area (Å²) in [6, 6.07) is 18.4. The summed E-state index contributed by atoms with van der Waals surface area (Å²) in [4.78, 5) is 12.4. The van der Waals surface area contributed by atoms with Gasteiger partial charge in [0, 0.05) is 24.1 Å². The number of thioether (sulfide) groups is 1. The molecule has 152 valence electrons. The molecule has 8 heteroatoms. The van der Waals surface area contributed by atoms with Crippen molar-refractivity contribution in [3.8, 4) is 17.3 Å². The molecule has 0 atom stereocenters. The van der Waals surface area contributed by atoms with E-state index >= 15 is 0 Å². The molecule has 2 aromatic carbocycles. The third kappa shape index (κ3) is 4.38. The fraction of sp³-hybridized carbons (Fsp3) is 0.136. The summed E-state index contributed by atoms with van der Waals surface area (Å²) in [6.07, 6.45) is 1.61. The number of carbonyl (C=O) groups excluding carboxylic acids is 1. The van der Waals surface area contributed by atoms with Gasteiger partial charge in [0.05, 0.1) is 13.4 Å². The minimum absolute atomic E-state index is 0.157. The van der Waals surface area contributed by atoms with Crippen LogP contribution in [0.5, 0.6) is 5.75 Å². The Hall–Kier alpha value is -3.52. The molecule has 2 heterocycles. The topological polar surface area (TPSA) is 82.2 Å². The predicted molar refractivity (Wildman–Crippen MR) is 116 cm³/mol. The summed E-state index contributed by atoms with van der Waals surface area (Å²) in [7, 11) is 3.52. The summed E-state index contributed by atoms with van der Waals surface area (Å²) in [6.45, 7) is 0. The van der Waals surface area contributed by atoms with Crippen LogP contribution in [0.3, 0.4) is 0 Å². The van der Waals surface area contributed by atoms with E-state index in [1.807, 2.05) is 48.0 Å². The molecule has 7 nitrogen and oxygen atoms in total. The number of rotatable bonds is 7. The van der Waals surface area contributed by atoms with E-state index in [4.69, 9.17) is 9.15 Å². The Balaban J connectivity index is 1.36. The van der Waals surface area contributed by atoms with Crippen LogP contribution >= 0.6 is 11.8 Å². The molecule has 2 aromatic heterocycles. The lowest BCUT2D eigenvalue weighted by Crippen LogP contribution is -2.11. The predicted octanol–water partition coefficient (Wildman–Crippen LogP) is 4.63. The number of amides is 1. The van der Waals surface area contributed by atoms with Crippen molar-refractivity contribution in [1.82, 2.24) is 14.8 Å². The Bertz CT molecular complexity index is 1120. The first-order valence-corrected chi connectivity index (χ1v) is 10.2. The Morgan fingerprint density at radius 1 is 1.10 bits per heavy atom. The maximum Gasteiger partial charge on any atom is 0.255 e. The summed E-state index contributed by atoms with van der Waals surface area (Å²) >= 11 is 1.57. The number of anilines is 1. The summed E-state index contributed by atoms with van der Waals surface area (Å²) < 4.78 is 12.4. The van der Waals surface area contributed by atoms with Crippen LogP contribution in [-0.4, -0.2) is 27.8 Å². The van der Waals surface area contributed by atoms with E-state index in [1.165, 1.54) is 0 Å². The molecule has 0 aliphatic rings. The van der Waals surface area contributed by atoms with Crippen LogP contribution in [0.15, 0.2) is 76.5 Å². The van der Waals surface area contributed by atoms with Crippen molar-refractivity contribution < 1.29 is 13.9 Å². The normalized spacial score (nSPS) is 10.7. The lowest BCUT2D eigenvalue weighted by molar-refractivity contribution is 0.102. The zero-order chi connectivity index (χ0) is 20.9. The smallest absolute Gasteiger partial charge is 0.255 e. The molecule has 0 unspecified atom stereocenters. The second kappa shape index (κ2) is 8.87. The van der Waals surface area contributed by atoms with Gasteiger partial charge in [0.15, 0.2) is 16.7 Å². The molecular formula is C22H20N4O3S. The Morgan fingerprint density at radius 2 is 1.87 bits per heavy atom. The minimum Gasteiger partial charge on any atom is -0.497 e. The van der Waals surface area contributed by atoms with E-state index in [0.717, 1.165) is 22.2 Å². The monoisotopic (exact) mass is 420 g/mol. The molecule has 0 saturated carbocycles. The molecule has 0 saturated heterocycles. The van der Waals surface area contributed by atoms with Gasteiger partial charge in [-0.05, 0) is 54.1 Å². The largest absolute Gasteiger partial charge is 0.497 e. The maximum absolute atomic E-state index is 12.4. The van der Waals surface area contributed by atoms with Crippen molar-refractivity contribution in [2.24, 2.45) is 7.05 Å². The van der Waals surface area contributed by atoms with Crippen molar-refractivity contribution in [1.29, 1.82) is 0 Å². The average molecular weight is 420 g/mol. The van der Waals surface area contributed by atoms with Crippen molar-refractivity contribution in [3.05, 3.63) is 78.1 Å². The number of aromatic nitrogens is 3. The zero-order valence-corrected chi connectivity index (χ0v) is 17.3. The highest BCUT2D eigenvalue weighted by molar-refractivity contribution is 7.98. The molecule has 0 spiro atoms. The lowest BCUT2D eigenvalue weighted by atomic mass is 10.1. The number of hydrogen-bond donors (Lipinski definition) is 1. The van der Waals surface area contributed by atoms with Gasteiger partial charge in [0.2, 0.25) is 0 Å². The van der Waals surface area contributed by atoms with Gasteiger partial charge in [0.1, 0.15) is 5.75 Å². The number of methoxy groups -OCH3 is 1. The van der Waals surface area contributed by atoms with E-state index in [9.17, 15) is 4.79 Å². The van der Waals surface area contributed by atoms with Crippen LogP contribution < -0.4 is 10.1 Å². The number of nitrogens with one attached hydrogen (secondary N) is 1. The minimum atomic E-state index is -0.157. The molecule has 0 radical (unpaired) electrons. The van der Waals surface area contributed by atoms with Crippen molar-refractivity contribution in [3.63, 3.8) is 0 Å². The van der Waals surface area contributed by atoms with E-state index in [0.29, 0.717) is 22.9 Å². The Labute approximate surface area is 178 Å². The molecule has 0 bridgehead atoms. The number of carbonyl (C=O) groups is 1. The van der Waals surface area contributed by atoms with E-state index < -0.39 is 0 Å². The fourth-order valence-electron chi connectivity index (χ4n) is 2.84. The van der Waals surface area contributed by atoms with Crippen LogP contribution in [0.1, 0.15) is 15.9 Å². The van der Waals surface area contributed by atoms with Crippen LogP contribution in [0.4, 0.5) is 5.69 Å². The van der Waals surface area contributed by atoms with Crippen LogP contribution in [0, 0.1) is 0 Å². The van der Waals surface area contributed by atoms with Crippen molar-refractivity contribution in [2.75, 3.05) is 12.4 Å². The summed E-state index contributed by atoms with van der Waals surface area (Å²) in [5.41, 5.74) is 2.40. The fourth-order valence-corrected chi connectivity index (χ4v) is 3.71. The van der Waals surface area contributed by atoms with Crippen molar-refractivity contribution in [2.45, 2.75) is 10.9 Å². The Kier molecular flexibility index (Phi) is 5.85. The molecule has 0 fully saturated rings. The van der Waals surface area contributed by atoms with Gasteiger partial charge in [0.25, 0.3) is 5.91 Å². The first kappa shape index (κ1) is 19.8. The van der Waals surface area contributed by atoms with Gasteiger partial charge in [-0.15, -0.1) is 10.2 Å². The van der Waals surface area contributed by atoms with Gasteiger partial charge < -0.3 is 19.0 Å². The van der Waals surface area contributed by atoms with Gasteiger partial charge in [-0.1, -0.05) is 23.9 Å². The van der Waals surface area contributed by atoms with Gasteiger partial charge >= 0.3 is 0 Å². The summed E-state index contributed by atoms with van der Waals surface area (Å²) in [5.74, 6) is 2.67. The second-order valence-corrected chi connectivity index (χ2v) is 7.45. The highest BCUT2D eigenvalue weighted by Crippen LogP contribution is 2.25. The average Bonchev–Trinajstić information content (AvgIpc) is 3.43. The summed E-state index contributed by atoms with van der Waals surface area (Å²) in [5, 5.41) is 12.1. The third-order valence-electron chi connectivity index (χ3n) is 4.51. The van der Waals surface area contributed by atoms with Crippen LogP contribution in [0.25, 0.3) is 11.6 Å². The molecule has 1 N–H and O–H groups in total. The quantitative estimate of drug-likeness (QED) is 0.439. The van der Waals surface area contributed by atoms with Gasteiger partial charge in [-0.25, -0.2) is 0 Å². The molecule has 0 aliphatic carbocycles. The molecule has 30 heavy (non-hydrogen) atoms. The number of furan rings is 1. The second-order valence-electron chi connectivity index (χ2n) is 6.51. The van der Waals surface area contributed by atoms with Gasteiger partial charge in [-0.2, -0.15) is 0 Å². The lowest BCUT2D eigenvalue weighted by Gasteiger charge is -2.07. The first-order chi connectivity index (χ1) is 14.6. The van der Waals surface area contributed by atoms with E-state index in [1.54, 1.807) is 49.4 Å². The van der Waals surface area contributed by atoms with E-state index in [-0.39, 0.29) is 5.91 Å². The molecule has 0 aliphatic heterocycles. The van der Waals surface area contributed by atoms with Crippen LogP contribution in [-0.2, 0) is 12.8 Å². The number of hydrogen-bond acceptors (Lipinski definition) is 6. The Morgan fingerprint density at radius 3 is 2.53 bits per heavy atom. The van der Waals surface area contributed by atoms with Gasteiger partial charge in [-0.3, -0.25) is 4.79 Å². The highest BCUT2D eigenvalue weighted by Gasteiger charge is 2.13. The zero-order valence-electron chi connectivity index (χ0n) is 16.5. The number of benzene rings is 2. The maximum atomic E-state index is 12.4. The third-order valence-corrected chi connectivity index (χ3v) is 5.60. The SMILES string of the molecule is COc1ccc(NC(=O)c2ccc(CSc3nnc(-c4ccco4)n3C)cc2)cc1. The van der Waals surface area contributed by atoms with Crippen LogP contribution in [0.2, 0.25) is 0 Å². The number of ether oxygens (including phenoxy) is 1. The highest BCUT2D eigenvalue weighted by atomic mass is 32.2. The standard InChI is InChI=1S/C22H20N4O3S/c1-26-20(19-4-3-13-29-19)24-25-22(26)30-14-15-5-7-16(8-6-15)21(27)23-17-9-11-18(28-2)12-10-17/h3-13H,14H2,1-2H3,(H,23,27).